The van der Waals surface area contributed by atoms with Gasteiger partial charge in [-0.25, -0.2) is 0 Å². The highest BCUT2D eigenvalue weighted by Crippen LogP contribution is 2.29. The summed E-state index contributed by atoms with van der Waals surface area (Å²) in [4.78, 5) is 0. The van der Waals surface area contributed by atoms with Crippen LogP contribution in [0.2, 0.25) is 0 Å². The van der Waals surface area contributed by atoms with E-state index in [9.17, 15) is 0 Å². The molecule has 0 heterocycles. The second-order valence-electron chi connectivity index (χ2n) is 4.75. The molecule has 0 aliphatic heterocycles. The molecule has 2 aromatic rings. The minimum Gasteiger partial charge on any atom is -0.497 e. The van der Waals surface area contributed by atoms with Crippen molar-refractivity contribution in [2.24, 2.45) is 5.73 Å². The van der Waals surface area contributed by atoms with E-state index in [2.05, 4.69) is 6.07 Å². The molecule has 2 rings (SSSR count). The Bertz CT molecular complexity index is 660. The molecule has 0 amide bonds. The van der Waals surface area contributed by atoms with Crippen molar-refractivity contribution in [1.82, 2.24) is 0 Å². The fraction of sp³-hybridized carbons (Fsp3) is 0.235. The van der Waals surface area contributed by atoms with Crippen LogP contribution in [0.15, 0.2) is 42.5 Å². The van der Waals surface area contributed by atoms with Crippen molar-refractivity contribution in [3.05, 3.63) is 59.2 Å². The van der Waals surface area contributed by atoms with Gasteiger partial charge in [0.25, 0.3) is 0 Å². The van der Waals surface area contributed by atoms with Crippen LogP contribution in [0, 0.1) is 11.3 Å². The maximum absolute atomic E-state index is 9.10. The summed E-state index contributed by atoms with van der Waals surface area (Å²) in [6.45, 7) is 2.22. The first-order valence-corrected chi connectivity index (χ1v) is 6.70. The maximum Gasteiger partial charge on any atom is 0.128 e. The van der Waals surface area contributed by atoms with E-state index >= 15 is 0 Å². The first kappa shape index (κ1) is 14.9. The van der Waals surface area contributed by atoms with Gasteiger partial charge in [-0.2, -0.15) is 5.26 Å². The Morgan fingerprint density at radius 2 is 2.00 bits per heavy atom. The minimum absolute atomic E-state index is 0.142. The largest absolute Gasteiger partial charge is 0.497 e. The van der Waals surface area contributed by atoms with Crippen LogP contribution >= 0.6 is 0 Å². The third-order valence-electron chi connectivity index (χ3n) is 3.23. The summed E-state index contributed by atoms with van der Waals surface area (Å²) in [5.41, 5.74) is 8.32. The third kappa shape index (κ3) is 3.53. The number of ether oxygens (including phenoxy) is 2. The Morgan fingerprint density at radius 3 is 2.67 bits per heavy atom. The third-order valence-corrected chi connectivity index (χ3v) is 3.23. The van der Waals surface area contributed by atoms with Gasteiger partial charge in [0.1, 0.15) is 18.1 Å². The van der Waals surface area contributed by atoms with Crippen LogP contribution in [0.1, 0.15) is 29.7 Å². The number of rotatable bonds is 5. The van der Waals surface area contributed by atoms with Gasteiger partial charge in [-0.1, -0.05) is 24.3 Å². The molecular formula is C17H18N2O2. The van der Waals surface area contributed by atoms with E-state index in [4.69, 9.17) is 20.5 Å². The fourth-order valence-electron chi connectivity index (χ4n) is 2.05. The van der Waals surface area contributed by atoms with Gasteiger partial charge in [0.2, 0.25) is 0 Å². The van der Waals surface area contributed by atoms with Crippen molar-refractivity contribution in [2.45, 2.75) is 19.6 Å². The number of hydrogen-bond donors (Lipinski definition) is 1. The molecule has 108 valence electrons. The number of methoxy groups -OCH3 is 1. The van der Waals surface area contributed by atoms with Crippen molar-refractivity contribution in [3.8, 4) is 17.6 Å². The van der Waals surface area contributed by atoms with Crippen LogP contribution in [0.25, 0.3) is 0 Å². The average Bonchev–Trinajstić information content (AvgIpc) is 2.52. The SMILES string of the molecule is COc1ccc([C@@H](C)N)c(OCc2ccccc2C#N)c1. The Labute approximate surface area is 124 Å². The summed E-state index contributed by atoms with van der Waals surface area (Å²) in [6, 6.07) is 15.0. The number of nitrogens with zero attached hydrogens (tertiary/aromatic N) is 1. The van der Waals surface area contributed by atoms with E-state index in [-0.39, 0.29) is 6.04 Å². The highest BCUT2D eigenvalue weighted by Gasteiger charge is 2.11. The summed E-state index contributed by atoms with van der Waals surface area (Å²) in [5, 5.41) is 9.10. The highest BCUT2D eigenvalue weighted by atomic mass is 16.5. The Hall–Kier alpha value is -2.51. The maximum atomic E-state index is 9.10. The van der Waals surface area contributed by atoms with Gasteiger partial charge in [-0.15, -0.1) is 0 Å². The van der Waals surface area contributed by atoms with Crippen LogP contribution in [-0.4, -0.2) is 7.11 Å². The van der Waals surface area contributed by atoms with Crippen molar-refractivity contribution < 1.29 is 9.47 Å². The fourth-order valence-corrected chi connectivity index (χ4v) is 2.05. The molecule has 0 saturated heterocycles. The second kappa shape index (κ2) is 6.78. The summed E-state index contributed by atoms with van der Waals surface area (Å²) in [5.74, 6) is 1.39. The lowest BCUT2D eigenvalue weighted by molar-refractivity contribution is 0.298. The van der Waals surface area contributed by atoms with E-state index < -0.39 is 0 Å². The van der Waals surface area contributed by atoms with Crippen molar-refractivity contribution >= 4 is 0 Å². The molecule has 1 atom stereocenters. The predicted octanol–water partition coefficient (Wildman–Crippen LogP) is 3.17. The molecule has 0 aromatic heterocycles. The highest BCUT2D eigenvalue weighted by molar-refractivity contribution is 5.43. The summed E-state index contributed by atoms with van der Waals surface area (Å²) in [6.07, 6.45) is 0. The average molecular weight is 282 g/mol. The molecule has 0 saturated carbocycles. The molecule has 4 nitrogen and oxygen atoms in total. The van der Waals surface area contributed by atoms with Crippen LogP contribution < -0.4 is 15.2 Å². The molecule has 0 unspecified atom stereocenters. The molecule has 2 N–H and O–H groups in total. The van der Waals surface area contributed by atoms with Crippen LogP contribution in [0.5, 0.6) is 11.5 Å². The molecule has 0 bridgehead atoms. The molecule has 0 aliphatic carbocycles. The van der Waals surface area contributed by atoms with Crippen molar-refractivity contribution in [1.29, 1.82) is 5.26 Å². The Morgan fingerprint density at radius 1 is 1.24 bits per heavy atom. The lowest BCUT2D eigenvalue weighted by atomic mass is 10.1. The monoisotopic (exact) mass is 282 g/mol. The molecule has 21 heavy (non-hydrogen) atoms. The van der Waals surface area contributed by atoms with Gasteiger partial charge in [0.05, 0.1) is 18.7 Å². The normalized spacial score (nSPS) is 11.5. The zero-order valence-corrected chi connectivity index (χ0v) is 12.2. The number of nitrogens with two attached hydrogens (primary N) is 1. The van der Waals surface area contributed by atoms with Crippen molar-refractivity contribution in [2.75, 3.05) is 7.11 Å². The topological polar surface area (TPSA) is 68.3 Å². The molecule has 0 aliphatic rings. The molecule has 0 fully saturated rings. The van der Waals surface area contributed by atoms with Crippen LogP contribution in [-0.2, 0) is 6.61 Å². The molecule has 0 radical (unpaired) electrons. The van der Waals surface area contributed by atoms with E-state index in [0.717, 1.165) is 11.1 Å². The van der Waals surface area contributed by atoms with E-state index in [1.807, 2.05) is 43.3 Å². The van der Waals surface area contributed by atoms with Crippen molar-refractivity contribution in [3.63, 3.8) is 0 Å². The predicted molar refractivity (Wildman–Crippen MR) is 81.1 cm³/mol. The minimum atomic E-state index is -0.142. The van der Waals surface area contributed by atoms with Gasteiger partial charge in [0.15, 0.2) is 0 Å². The Balaban J connectivity index is 2.25. The van der Waals surface area contributed by atoms with Crippen LogP contribution in [0.4, 0.5) is 0 Å². The van der Waals surface area contributed by atoms with E-state index in [0.29, 0.717) is 23.7 Å². The molecular weight excluding hydrogens is 264 g/mol. The smallest absolute Gasteiger partial charge is 0.128 e. The molecule has 0 spiro atoms. The summed E-state index contributed by atoms with van der Waals surface area (Å²) >= 11 is 0. The standard InChI is InChI=1S/C17H18N2O2/c1-12(19)16-8-7-15(20-2)9-17(16)21-11-14-6-4-3-5-13(14)10-18/h3-9,12H,11,19H2,1-2H3/t12-/m1/s1. The van der Waals surface area contributed by atoms with Gasteiger partial charge in [-0.3, -0.25) is 0 Å². The summed E-state index contributed by atoms with van der Waals surface area (Å²) in [7, 11) is 1.61. The lowest BCUT2D eigenvalue weighted by Gasteiger charge is -2.15. The van der Waals surface area contributed by atoms with Gasteiger partial charge >= 0.3 is 0 Å². The number of benzene rings is 2. The van der Waals surface area contributed by atoms with Gasteiger partial charge in [0, 0.05) is 23.2 Å². The lowest BCUT2D eigenvalue weighted by Crippen LogP contribution is -2.08. The summed E-state index contributed by atoms with van der Waals surface area (Å²) < 4.78 is 11.1. The number of hydrogen-bond acceptors (Lipinski definition) is 4. The van der Waals surface area contributed by atoms with Crippen LogP contribution in [0.3, 0.4) is 0 Å². The quantitative estimate of drug-likeness (QED) is 0.914. The van der Waals surface area contributed by atoms with Gasteiger partial charge < -0.3 is 15.2 Å². The molecule has 2 aromatic carbocycles. The number of nitriles is 1. The molecule has 4 heteroatoms. The van der Waals surface area contributed by atoms with Gasteiger partial charge in [-0.05, 0) is 19.1 Å². The first-order chi connectivity index (χ1) is 10.2. The van der Waals surface area contributed by atoms with E-state index in [1.54, 1.807) is 13.2 Å². The second-order valence-corrected chi connectivity index (χ2v) is 4.75. The van der Waals surface area contributed by atoms with E-state index in [1.165, 1.54) is 0 Å². The zero-order chi connectivity index (χ0) is 15.2. The first-order valence-electron chi connectivity index (χ1n) is 6.70. The Kier molecular flexibility index (Phi) is 4.81. The zero-order valence-electron chi connectivity index (χ0n) is 12.2.